The minimum absolute atomic E-state index is 0.193. The number of nitrogens with two attached hydrogens (primary N) is 1. The van der Waals surface area contributed by atoms with Crippen molar-refractivity contribution in [3.05, 3.63) is 50.8 Å². The van der Waals surface area contributed by atoms with Gasteiger partial charge in [0.05, 0.1) is 24.1 Å². The molecule has 0 saturated heterocycles. The van der Waals surface area contributed by atoms with Crippen LogP contribution in [-0.4, -0.2) is 54.9 Å². The predicted octanol–water partition coefficient (Wildman–Crippen LogP) is 2.67. The molecule has 0 aliphatic carbocycles. The van der Waals surface area contributed by atoms with Gasteiger partial charge in [0.1, 0.15) is 0 Å². The van der Waals surface area contributed by atoms with Gasteiger partial charge < -0.3 is 10.6 Å². The van der Waals surface area contributed by atoms with Crippen LogP contribution in [0.1, 0.15) is 27.3 Å². The molecule has 7 nitrogen and oxygen atoms in total. The molecule has 1 amide bonds. The molecule has 0 atom stereocenters. The summed E-state index contributed by atoms with van der Waals surface area (Å²) in [6.45, 7) is 2.79. The zero-order chi connectivity index (χ0) is 21.5. The zero-order valence-corrected chi connectivity index (χ0v) is 18.7. The first-order chi connectivity index (χ1) is 13.5. The number of aromatic nitrogens is 1. The summed E-state index contributed by atoms with van der Waals surface area (Å²) in [5.74, 6) is -0.217. The SMILES string of the molecule is Cc1nc2c(c(-c3ccc(Cl)cc3Cl)c1CN)C(=O)N(CCN(C)S(C)(=O)=O)C2. The van der Waals surface area contributed by atoms with E-state index in [1.54, 1.807) is 23.1 Å². The smallest absolute Gasteiger partial charge is 0.256 e. The molecule has 2 N–H and O–H groups in total. The van der Waals surface area contributed by atoms with Gasteiger partial charge in [-0.1, -0.05) is 29.3 Å². The monoisotopic (exact) mass is 456 g/mol. The van der Waals surface area contributed by atoms with Crippen molar-refractivity contribution in [2.45, 2.75) is 20.0 Å². The summed E-state index contributed by atoms with van der Waals surface area (Å²) < 4.78 is 24.5. The summed E-state index contributed by atoms with van der Waals surface area (Å²) in [6, 6.07) is 5.11. The van der Waals surface area contributed by atoms with Crippen molar-refractivity contribution in [2.75, 3.05) is 26.4 Å². The number of carbonyl (C=O) groups is 1. The topological polar surface area (TPSA) is 96.6 Å². The molecule has 0 unspecified atom stereocenters. The van der Waals surface area contributed by atoms with Gasteiger partial charge >= 0.3 is 0 Å². The Bertz CT molecular complexity index is 1090. The summed E-state index contributed by atoms with van der Waals surface area (Å²) in [6.07, 6.45) is 1.13. The van der Waals surface area contributed by atoms with Gasteiger partial charge in [-0.15, -0.1) is 0 Å². The first-order valence-electron chi connectivity index (χ1n) is 8.93. The minimum Gasteiger partial charge on any atom is -0.331 e. The first-order valence-corrected chi connectivity index (χ1v) is 11.5. The molecule has 0 fully saturated rings. The lowest BCUT2D eigenvalue weighted by atomic mass is 9.93. The number of amides is 1. The number of hydrogen-bond acceptors (Lipinski definition) is 5. The second kappa shape index (κ2) is 8.20. The molecule has 29 heavy (non-hydrogen) atoms. The number of nitrogens with zero attached hydrogens (tertiary/aromatic N) is 3. The Kier molecular flexibility index (Phi) is 6.21. The number of sulfonamides is 1. The van der Waals surface area contributed by atoms with Crippen molar-refractivity contribution in [3.8, 4) is 11.1 Å². The third-order valence-corrected chi connectivity index (χ3v) is 6.94. The lowest BCUT2D eigenvalue weighted by molar-refractivity contribution is 0.0773. The molecule has 1 aliphatic rings. The van der Waals surface area contributed by atoms with Gasteiger partial charge in [-0.3, -0.25) is 9.78 Å². The number of carbonyl (C=O) groups excluding carboxylic acids is 1. The Labute approximate surface area is 180 Å². The Hall–Kier alpha value is -1.71. The molecule has 3 rings (SSSR count). The van der Waals surface area contributed by atoms with E-state index >= 15 is 0 Å². The maximum atomic E-state index is 13.2. The fourth-order valence-corrected chi connectivity index (χ4v) is 4.32. The molecular weight excluding hydrogens is 435 g/mol. The lowest BCUT2D eigenvalue weighted by Crippen LogP contribution is -2.36. The molecule has 10 heteroatoms. The van der Waals surface area contributed by atoms with E-state index in [4.69, 9.17) is 28.9 Å². The molecule has 0 saturated carbocycles. The highest BCUT2D eigenvalue weighted by Crippen LogP contribution is 2.39. The zero-order valence-electron chi connectivity index (χ0n) is 16.4. The van der Waals surface area contributed by atoms with Gasteiger partial charge in [-0.2, -0.15) is 0 Å². The van der Waals surface area contributed by atoms with Crippen LogP contribution in [0.5, 0.6) is 0 Å². The highest BCUT2D eigenvalue weighted by molar-refractivity contribution is 7.88. The molecule has 2 heterocycles. The molecule has 0 radical (unpaired) electrons. The van der Waals surface area contributed by atoms with Crippen LogP contribution in [0.2, 0.25) is 10.0 Å². The molecule has 1 aromatic carbocycles. The van der Waals surface area contributed by atoms with E-state index in [-0.39, 0.29) is 25.5 Å². The van der Waals surface area contributed by atoms with Crippen LogP contribution < -0.4 is 5.73 Å². The van der Waals surface area contributed by atoms with Crippen LogP contribution in [0.4, 0.5) is 0 Å². The Morgan fingerprint density at radius 3 is 2.55 bits per heavy atom. The van der Waals surface area contributed by atoms with Crippen molar-refractivity contribution in [2.24, 2.45) is 5.73 Å². The quantitative estimate of drug-likeness (QED) is 0.720. The summed E-state index contributed by atoms with van der Waals surface area (Å²) in [5, 5.41) is 0.912. The minimum atomic E-state index is -3.32. The van der Waals surface area contributed by atoms with Crippen LogP contribution in [0.25, 0.3) is 11.1 Å². The van der Waals surface area contributed by atoms with E-state index in [1.807, 2.05) is 6.92 Å². The summed E-state index contributed by atoms with van der Waals surface area (Å²) in [4.78, 5) is 19.4. The standard InChI is InChI=1S/C19H22Cl2N4O3S/c1-11-14(9-22)17(13-5-4-12(20)8-15(13)21)18-16(23-11)10-25(19(18)26)7-6-24(2)29(3,27)28/h4-5,8H,6-7,9-10,22H2,1-3H3. The fourth-order valence-electron chi connectivity index (χ4n) is 3.40. The Morgan fingerprint density at radius 1 is 1.28 bits per heavy atom. The van der Waals surface area contributed by atoms with Crippen molar-refractivity contribution in [1.82, 2.24) is 14.2 Å². The maximum absolute atomic E-state index is 13.2. The van der Waals surface area contributed by atoms with Gasteiger partial charge in [-0.05, 0) is 24.6 Å². The number of hydrogen-bond donors (Lipinski definition) is 1. The highest BCUT2D eigenvalue weighted by atomic mass is 35.5. The maximum Gasteiger partial charge on any atom is 0.256 e. The van der Waals surface area contributed by atoms with Crippen LogP contribution in [-0.2, 0) is 23.1 Å². The van der Waals surface area contributed by atoms with Gasteiger partial charge in [0.2, 0.25) is 10.0 Å². The van der Waals surface area contributed by atoms with E-state index in [0.717, 1.165) is 17.5 Å². The molecule has 156 valence electrons. The summed E-state index contributed by atoms with van der Waals surface area (Å²) >= 11 is 12.5. The van der Waals surface area contributed by atoms with Crippen molar-refractivity contribution in [1.29, 1.82) is 0 Å². The van der Waals surface area contributed by atoms with Crippen LogP contribution in [0.3, 0.4) is 0 Å². The van der Waals surface area contributed by atoms with E-state index in [0.29, 0.717) is 39.0 Å². The third kappa shape index (κ3) is 4.27. The number of rotatable bonds is 6. The van der Waals surface area contributed by atoms with Crippen LogP contribution in [0, 0.1) is 6.92 Å². The van der Waals surface area contributed by atoms with Crippen molar-refractivity contribution < 1.29 is 13.2 Å². The van der Waals surface area contributed by atoms with E-state index in [9.17, 15) is 13.2 Å². The average molecular weight is 457 g/mol. The molecule has 1 aliphatic heterocycles. The van der Waals surface area contributed by atoms with Gasteiger partial charge in [-0.25, -0.2) is 12.7 Å². The van der Waals surface area contributed by atoms with Gasteiger partial charge in [0.15, 0.2) is 0 Å². The largest absolute Gasteiger partial charge is 0.331 e. The number of pyridine rings is 1. The van der Waals surface area contributed by atoms with Gasteiger partial charge in [0.25, 0.3) is 5.91 Å². The molecule has 0 spiro atoms. The fraction of sp³-hybridized carbons (Fsp3) is 0.368. The summed E-state index contributed by atoms with van der Waals surface area (Å²) in [5.41, 5.74) is 9.89. The molecule has 0 bridgehead atoms. The van der Waals surface area contributed by atoms with Crippen LogP contribution >= 0.6 is 23.2 Å². The molecular formula is C19H22Cl2N4O3S. The van der Waals surface area contributed by atoms with Gasteiger partial charge in [0, 0.05) is 53.5 Å². The van der Waals surface area contributed by atoms with E-state index in [1.165, 1.54) is 11.4 Å². The highest BCUT2D eigenvalue weighted by Gasteiger charge is 2.34. The van der Waals surface area contributed by atoms with E-state index < -0.39 is 10.0 Å². The third-order valence-electron chi connectivity index (χ3n) is 5.08. The normalized spacial score (nSPS) is 14.0. The average Bonchev–Trinajstić information content (AvgIpc) is 2.93. The van der Waals surface area contributed by atoms with Crippen LogP contribution in [0.15, 0.2) is 18.2 Å². The number of fused-ring (bicyclic) bond motifs is 1. The van der Waals surface area contributed by atoms with Crippen molar-refractivity contribution >= 4 is 39.1 Å². The van der Waals surface area contributed by atoms with E-state index in [2.05, 4.69) is 4.98 Å². The number of benzene rings is 1. The Morgan fingerprint density at radius 2 is 1.97 bits per heavy atom. The second-order valence-electron chi connectivity index (χ2n) is 7.01. The first kappa shape index (κ1) is 22.0. The van der Waals surface area contributed by atoms with Crippen molar-refractivity contribution in [3.63, 3.8) is 0 Å². The number of halogens is 2. The molecule has 1 aromatic heterocycles. The summed E-state index contributed by atoms with van der Waals surface area (Å²) in [7, 11) is -1.84. The number of aryl methyl sites for hydroxylation is 1. The molecule has 2 aromatic rings. The number of likely N-dealkylation sites (N-methyl/N-ethyl adjacent to an activating group) is 1. The predicted molar refractivity (Wildman–Crippen MR) is 115 cm³/mol. The Balaban J connectivity index is 2.05. The second-order valence-corrected chi connectivity index (χ2v) is 9.95. The lowest BCUT2D eigenvalue weighted by Gasteiger charge is -2.20.